The highest BCUT2D eigenvalue weighted by molar-refractivity contribution is 7.10. The molecular weight excluding hydrogens is 172 g/mol. The van der Waals surface area contributed by atoms with Gasteiger partial charge in [-0.25, -0.2) is 0 Å². The Morgan fingerprint density at radius 1 is 1.83 bits per heavy atom. The fourth-order valence-electron chi connectivity index (χ4n) is 0.737. The van der Waals surface area contributed by atoms with Gasteiger partial charge in [-0.2, -0.15) is 5.26 Å². The molecule has 0 spiro atoms. The van der Waals surface area contributed by atoms with E-state index in [9.17, 15) is 4.79 Å². The summed E-state index contributed by atoms with van der Waals surface area (Å²) in [6.45, 7) is 0. The SMILES string of the molecule is CN(C#N)C(=O)Cc1cccs1. The van der Waals surface area contributed by atoms with E-state index in [2.05, 4.69) is 0 Å². The van der Waals surface area contributed by atoms with E-state index in [0.29, 0.717) is 6.42 Å². The zero-order chi connectivity index (χ0) is 8.97. The molecular formula is C8H8N2OS. The van der Waals surface area contributed by atoms with Gasteiger partial charge < -0.3 is 0 Å². The Morgan fingerprint density at radius 3 is 3.08 bits per heavy atom. The molecule has 0 aliphatic rings. The van der Waals surface area contributed by atoms with Crippen LogP contribution in [0.3, 0.4) is 0 Å². The number of nitrogens with zero attached hydrogens (tertiary/aromatic N) is 2. The molecule has 1 heterocycles. The smallest absolute Gasteiger partial charge is 0.240 e. The van der Waals surface area contributed by atoms with Crippen LogP contribution in [0, 0.1) is 11.5 Å². The van der Waals surface area contributed by atoms with Gasteiger partial charge in [-0.3, -0.25) is 9.69 Å². The van der Waals surface area contributed by atoms with Crippen LogP contribution in [-0.2, 0) is 11.2 Å². The number of thiophene rings is 1. The van der Waals surface area contributed by atoms with Gasteiger partial charge in [0.2, 0.25) is 5.91 Å². The molecule has 0 aliphatic carbocycles. The second kappa shape index (κ2) is 3.88. The maximum Gasteiger partial charge on any atom is 0.240 e. The number of amides is 1. The fourth-order valence-corrected chi connectivity index (χ4v) is 1.43. The van der Waals surface area contributed by atoms with E-state index in [0.717, 1.165) is 9.78 Å². The van der Waals surface area contributed by atoms with Gasteiger partial charge in [0, 0.05) is 11.9 Å². The average Bonchev–Trinajstić information content (AvgIpc) is 2.55. The lowest BCUT2D eigenvalue weighted by Crippen LogP contribution is -2.22. The first-order valence-electron chi connectivity index (χ1n) is 3.42. The van der Waals surface area contributed by atoms with Crippen LogP contribution in [0.1, 0.15) is 4.88 Å². The summed E-state index contributed by atoms with van der Waals surface area (Å²) in [5.74, 6) is -0.167. The lowest BCUT2D eigenvalue weighted by atomic mass is 10.3. The van der Waals surface area contributed by atoms with Gasteiger partial charge in [-0.15, -0.1) is 11.3 Å². The highest BCUT2D eigenvalue weighted by Gasteiger charge is 2.08. The molecule has 0 saturated heterocycles. The third-order valence-corrected chi connectivity index (χ3v) is 2.31. The molecule has 1 aromatic rings. The Balaban J connectivity index is 2.54. The topological polar surface area (TPSA) is 44.1 Å². The van der Waals surface area contributed by atoms with E-state index in [1.807, 2.05) is 17.5 Å². The largest absolute Gasteiger partial charge is 0.273 e. The van der Waals surface area contributed by atoms with Gasteiger partial charge >= 0.3 is 0 Å². The van der Waals surface area contributed by atoms with Gasteiger partial charge in [0.1, 0.15) is 0 Å². The molecule has 0 aliphatic heterocycles. The predicted molar refractivity (Wildman–Crippen MR) is 46.4 cm³/mol. The molecule has 1 aromatic heterocycles. The Kier molecular flexibility index (Phi) is 2.83. The number of likely N-dealkylation sites (N-methyl/N-ethyl adjacent to an activating group) is 1. The first kappa shape index (κ1) is 8.75. The summed E-state index contributed by atoms with van der Waals surface area (Å²) < 4.78 is 0. The molecule has 3 nitrogen and oxygen atoms in total. The van der Waals surface area contributed by atoms with Crippen molar-refractivity contribution in [3.8, 4) is 6.19 Å². The molecule has 0 aromatic carbocycles. The van der Waals surface area contributed by atoms with Crippen molar-refractivity contribution in [2.45, 2.75) is 6.42 Å². The molecule has 0 bridgehead atoms. The number of rotatable bonds is 2. The predicted octanol–water partition coefficient (Wildman–Crippen LogP) is 1.23. The average molecular weight is 180 g/mol. The van der Waals surface area contributed by atoms with Gasteiger partial charge in [0.15, 0.2) is 6.19 Å². The maximum absolute atomic E-state index is 11.2. The Labute approximate surface area is 74.8 Å². The van der Waals surface area contributed by atoms with Crippen LogP contribution >= 0.6 is 11.3 Å². The van der Waals surface area contributed by atoms with Crippen molar-refractivity contribution in [1.29, 1.82) is 5.26 Å². The van der Waals surface area contributed by atoms with Crippen molar-refractivity contribution in [3.05, 3.63) is 22.4 Å². The number of nitriles is 1. The number of hydrogen-bond donors (Lipinski definition) is 0. The van der Waals surface area contributed by atoms with Crippen molar-refractivity contribution < 1.29 is 4.79 Å². The maximum atomic E-state index is 11.2. The minimum absolute atomic E-state index is 0.167. The molecule has 1 amide bonds. The molecule has 1 rings (SSSR count). The van der Waals surface area contributed by atoms with Crippen LogP contribution in [0.2, 0.25) is 0 Å². The Hall–Kier alpha value is -1.34. The van der Waals surface area contributed by atoms with Gasteiger partial charge in [0.05, 0.1) is 6.42 Å². The summed E-state index contributed by atoms with van der Waals surface area (Å²) in [5.41, 5.74) is 0. The number of hydrogen-bond acceptors (Lipinski definition) is 3. The van der Waals surface area contributed by atoms with Crippen molar-refractivity contribution in [2.24, 2.45) is 0 Å². The summed E-state index contributed by atoms with van der Waals surface area (Å²) >= 11 is 1.52. The molecule has 0 atom stereocenters. The van der Waals surface area contributed by atoms with Crippen LogP contribution < -0.4 is 0 Å². The van der Waals surface area contributed by atoms with Gasteiger partial charge in [-0.05, 0) is 11.4 Å². The van der Waals surface area contributed by atoms with E-state index >= 15 is 0 Å². The Morgan fingerprint density at radius 2 is 2.58 bits per heavy atom. The number of carbonyl (C=O) groups excluding carboxylic acids is 1. The normalized spacial score (nSPS) is 9.00. The van der Waals surface area contributed by atoms with Crippen LogP contribution in [0.5, 0.6) is 0 Å². The van der Waals surface area contributed by atoms with Crippen LogP contribution in [0.4, 0.5) is 0 Å². The van der Waals surface area contributed by atoms with E-state index in [4.69, 9.17) is 5.26 Å². The summed E-state index contributed by atoms with van der Waals surface area (Å²) in [7, 11) is 1.47. The molecule has 0 saturated carbocycles. The molecule has 0 fully saturated rings. The lowest BCUT2D eigenvalue weighted by molar-refractivity contribution is -0.126. The Bertz CT molecular complexity index is 299. The van der Waals surface area contributed by atoms with Crippen molar-refractivity contribution in [2.75, 3.05) is 7.05 Å². The standard InChI is InChI=1S/C8H8N2OS/c1-10(6-9)8(11)5-7-3-2-4-12-7/h2-4H,5H2,1H3. The summed E-state index contributed by atoms with van der Waals surface area (Å²) in [4.78, 5) is 13.2. The van der Waals surface area contributed by atoms with Crippen molar-refractivity contribution in [1.82, 2.24) is 4.90 Å². The van der Waals surface area contributed by atoms with E-state index < -0.39 is 0 Å². The molecule has 0 N–H and O–H groups in total. The summed E-state index contributed by atoms with van der Waals surface area (Å²) in [6, 6.07) is 3.77. The molecule has 62 valence electrons. The second-order valence-electron chi connectivity index (χ2n) is 2.31. The van der Waals surface area contributed by atoms with E-state index in [1.165, 1.54) is 18.4 Å². The molecule has 0 unspecified atom stereocenters. The van der Waals surface area contributed by atoms with E-state index in [-0.39, 0.29) is 5.91 Å². The molecule has 4 heteroatoms. The molecule has 0 radical (unpaired) electrons. The minimum atomic E-state index is -0.167. The fraction of sp³-hybridized carbons (Fsp3) is 0.250. The summed E-state index contributed by atoms with van der Waals surface area (Å²) in [5, 5.41) is 10.3. The van der Waals surface area contributed by atoms with E-state index in [1.54, 1.807) is 6.19 Å². The number of carbonyl (C=O) groups is 1. The highest BCUT2D eigenvalue weighted by Crippen LogP contribution is 2.09. The first-order valence-corrected chi connectivity index (χ1v) is 4.30. The first-order chi connectivity index (χ1) is 5.74. The summed E-state index contributed by atoms with van der Waals surface area (Å²) in [6.07, 6.45) is 2.09. The molecule has 12 heavy (non-hydrogen) atoms. The monoisotopic (exact) mass is 180 g/mol. The van der Waals surface area contributed by atoms with Crippen LogP contribution in [0.15, 0.2) is 17.5 Å². The van der Waals surface area contributed by atoms with Crippen LogP contribution in [0.25, 0.3) is 0 Å². The lowest BCUT2D eigenvalue weighted by Gasteiger charge is -2.04. The van der Waals surface area contributed by atoms with Crippen LogP contribution in [-0.4, -0.2) is 17.9 Å². The third kappa shape index (κ3) is 2.07. The quantitative estimate of drug-likeness (QED) is 0.507. The van der Waals surface area contributed by atoms with Gasteiger partial charge in [0.25, 0.3) is 0 Å². The minimum Gasteiger partial charge on any atom is -0.273 e. The van der Waals surface area contributed by atoms with Gasteiger partial charge in [-0.1, -0.05) is 6.07 Å². The zero-order valence-electron chi connectivity index (χ0n) is 6.65. The highest BCUT2D eigenvalue weighted by atomic mass is 32.1. The second-order valence-corrected chi connectivity index (χ2v) is 3.34. The zero-order valence-corrected chi connectivity index (χ0v) is 7.47. The van der Waals surface area contributed by atoms with Crippen molar-refractivity contribution >= 4 is 17.2 Å². The third-order valence-electron chi connectivity index (χ3n) is 1.43. The van der Waals surface area contributed by atoms with Crippen molar-refractivity contribution in [3.63, 3.8) is 0 Å².